The van der Waals surface area contributed by atoms with Crippen molar-refractivity contribution in [3.63, 3.8) is 0 Å². The van der Waals surface area contributed by atoms with Crippen molar-refractivity contribution in [2.75, 3.05) is 6.54 Å². The van der Waals surface area contributed by atoms with Gasteiger partial charge in [-0.05, 0) is 32.8 Å². The number of alkyl halides is 1. The van der Waals surface area contributed by atoms with Gasteiger partial charge in [-0.25, -0.2) is 0 Å². The average Bonchev–Trinajstić information content (AvgIpc) is 2.58. The maximum absolute atomic E-state index is 11.5. The van der Waals surface area contributed by atoms with Crippen LogP contribution in [0.15, 0.2) is 16.7 Å². The van der Waals surface area contributed by atoms with Crippen LogP contribution in [-0.2, 0) is 0 Å². The van der Waals surface area contributed by atoms with Gasteiger partial charge in [0.25, 0.3) is 5.91 Å². The zero-order chi connectivity index (χ0) is 11.3. The third-order valence-corrected chi connectivity index (χ3v) is 2.35. The molecule has 3 nitrogen and oxygen atoms in total. The molecule has 1 aromatic rings. The Balaban J connectivity index is 2.28. The van der Waals surface area contributed by atoms with E-state index in [9.17, 15) is 4.79 Å². The molecule has 0 aliphatic carbocycles. The molecule has 0 bridgehead atoms. The molecule has 0 aliphatic rings. The Morgan fingerprint density at radius 2 is 2.40 bits per heavy atom. The minimum atomic E-state index is -0.153. The number of furan rings is 1. The first-order chi connectivity index (χ1) is 7.11. The summed E-state index contributed by atoms with van der Waals surface area (Å²) >= 11 is 5.79. The summed E-state index contributed by atoms with van der Waals surface area (Å²) in [5.74, 6) is 0.244. The maximum Gasteiger partial charge on any atom is 0.287 e. The van der Waals surface area contributed by atoms with E-state index in [0.717, 1.165) is 18.4 Å². The molecule has 1 amide bonds. The van der Waals surface area contributed by atoms with Gasteiger partial charge in [0.05, 0.1) is 6.26 Å². The lowest BCUT2D eigenvalue weighted by molar-refractivity contribution is 0.0924. The summed E-state index contributed by atoms with van der Waals surface area (Å²) in [6, 6.07) is 1.77. The van der Waals surface area contributed by atoms with Gasteiger partial charge in [-0.2, -0.15) is 0 Å². The minimum absolute atomic E-state index is 0.153. The van der Waals surface area contributed by atoms with E-state index in [1.54, 1.807) is 6.07 Å². The van der Waals surface area contributed by atoms with Crippen LogP contribution in [0.1, 0.15) is 35.9 Å². The lowest BCUT2D eigenvalue weighted by Crippen LogP contribution is -2.24. The van der Waals surface area contributed by atoms with Gasteiger partial charge < -0.3 is 9.73 Å². The van der Waals surface area contributed by atoms with Crippen LogP contribution in [0, 0.1) is 6.92 Å². The second-order valence-corrected chi connectivity index (χ2v) is 4.36. The Kier molecular flexibility index (Phi) is 4.69. The third-order valence-electron chi connectivity index (χ3n) is 2.13. The van der Waals surface area contributed by atoms with Crippen molar-refractivity contribution in [1.29, 1.82) is 0 Å². The largest absolute Gasteiger partial charge is 0.459 e. The van der Waals surface area contributed by atoms with E-state index < -0.39 is 0 Å². The van der Waals surface area contributed by atoms with Gasteiger partial charge in [0.2, 0.25) is 0 Å². The van der Waals surface area contributed by atoms with E-state index in [1.165, 1.54) is 6.26 Å². The van der Waals surface area contributed by atoms with Crippen LogP contribution in [-0.4, -0.2) is 17.8 Å². The molecule has 0 saturated carbocycles. The van der Waals surface area contributed by atoms with E-state index in [2.05, 4.69) is 5.32 Å². The maximum atomic E-state index is 11.5. The predicted molar refractivity (Wildman–Crippen MR) is 60.3 cm³/mol. The Labute approximate surface area is 94.8 Å². The summed E-state index contributed by atoms with van der Waals surface area (Å²) in [6.45, 7) is 4.43. The van der Waals surface area contributed by atoms with Gasteiger partial charge in [-0.3, -0.25) is 4.79 Å². The number of rotatable bonds is 5. The molecule has 15 heavy (non-hydrogen) atoms. The van der Waals surface area contributed by atoms with E-state index in [1.807, 2.05) is 13.8 Å². The third kappa shape index (κ3) is 3.96. The summed E-state index contributed by atoms with van der Waals surface area (Å²) in [4.78, 5) is 11.5. The molecule has 4 heteroatoms. The fourth-order valence-electron chi connectivity index (χ4n) is 1.27. The quantitative estimate of drug-likeness (QED) is 0.623. The number of hydrogen-bond acceptors (Lipinski definition) is 2. The number of carbonyl (C=O) groups excluding carboxylic acids is 1. The molecular weight excluding hydrogens is 214 g/mol. The fraction of sp³-hybridized carbons (Fsp3) is 0.545. The van der Waals surface area contributed by atoms with E-state index in [-0.39, 0.29) is 11.3 Å². The first kappa shape index (κ1) is 12.1. The van der Waals surface area contributed by atoms with Gasteiger partial charge in [0.15, 0.2) is 5.76 Å². The molecule has 0 fully saturated rings. The molecule has 1 heterocycles. The highest BCUT2D eigenvalue weighted by Crippen LogP contribution is 2.08. The smallest absolute Gasteiger partial charge is 0.287 e. The number of carbonyl (C=O) groups is 1. The first-order valence-electron chi connectivity index (χ1n) is 5.07. The Bertz CT molecular complexity index is 320. The van der Waals surface area contributed by atoms with Crippen molar-refractivity contribution in [3.05, 3.63) is 23.7 Å². The first-order valence-corrected chi connectivity index (χ1v) is 5.51. The molecular formula is C11H16ClNO2. The van der Waals surface area contributed by atoms with E-state index in [0.29, 0.717) is 12.3 Å². The highest BCUT2D eigenvalue weighted by molar-refractivity contribution is 6.20. The Hall–Kier alpha value is -0.960. The normalized spacial score (nSPS) is 12.5. The van der Waals surface area contributed by atoms with Crippen LogP contribution in [0.25, 0.3) is 0 Å². The second kappa shape index (κ2) is 5.81. The summed E-state index contributed by atoms with van der Waals surface area (Å²) < 4.78 is 5.07. The molecule has 0 radical (unpaired) electrons. The lowest BCUT2D eigenvalue weighted by Gasteiger charge is -2.04. The number of halogens is 1. The molecule has 0 aromatic carbocycles. The Morgan fingerprint density at radius 3 is 2.93 bits per heavy atom. The highest BCUT2D eigenvalue weighted by Gasteiger charge is 2.11. The SMILES string of the molecule is Cc1ccoc1C(=O)NCCCC(C)Cl. The summed E-state index contributed by atoms with van der Waals surface area (Å²) in [6.07, 6.45) is 3.31. The van der Waals surface area contributed by atoms with Crippen molar-refractivity contribution in [1.82, 2.24) is 5.32 Å². The lowest BCUT2D eigenvalue weighted by atomic mass is 10.2. The molecule has 0 aliphatic heterocycles. The van der Waals surface area contributed by atoms with Gasteiger partial charge in [-0.15, -0.1) is 11.6 Å². The van der Waals surface area contributed by atoms with E-state index in [4.69, 9.17) is 16.0 Å². The average molecular weight is 230 g/mol. The van der Waals surface area contributed by atoms with Gasteiger partial charge in [0.1, 0.15) is 0 Å². The van der Waals surface area contributed by atoms with Crippen molar-refractivity contribution in [2.24, 2.45) is 0 Å². The van der Waals surface area contributed by atoms with Crippen LogP contribution >= 0.6 is 11.6 Å². The van der Waals surface area contributed by atoms with Gasteiger partial charge in [0, 0.05) is 17.5 Å². The molecule has 84 valence electrons. The van der Waals surface area contributed by atoms with Crippen molar-refractivity contribution >= 4 is 17.5 Å². The number of hydrogen-bond donors (Lipinski definition) is 1. The van der Waals surface area contributed by atoms with Crippen LogP contribution in [0.4, 0.5) is 0 Å². The Morgan fingerprint density at radius 1 is 1.67 bits per heavy atom. The molecule has 0 saturated heterocycles. The zero-order valence-electron chi connectivity index (χ0n) is 9.05. The summed E-state index contributed by atoms with van der Waals surface area (Å²) in [5.41, 5.74) is 0.859. The second-order valence-electron chi connectivity index (χ2n) is 3.61. The van der Waals surface area contributed by atoms with Gasteiger partial charge >= 0.3 is 0 Å². The van der Waals surface area contributed by atoms with E-state index >= 15 is 0 Å². The molecule has 1 N–H and O–H groups in total. The highest BCUT2D eigenvalue weighted by atomic mass is 35.5. The fourth-order valence-corrected chi connectivity index (χ4v) is 1.43. The number of aryl methyl sites for hydroxylation is 1. The summed E-state index contributed by atoms with van der Waals surface area (Å²) in [5, 5.41) is 2.95. The van der Waals surface area contributed by atoms with Crippen LogP contribution in [0.3, 0.4) is 0 Å². The van der Waals surface area contributed by atoms with Crippen LogP contribution < -0.4 is 5.32 Å². The monoisotopic (exact) mass is 229 g/mol. The molecule has 0 spiro atoms. The predicted octanol–water partition coefficient (Wildman–Crippen LogP) is 2.73. The number of nitrogens with one attached hydrogen (secondary N) is 1. The standard InChI is InChI=1S/C11H16ClNO2/c1-8-5-7-15-10(8)11(14)13-6-3-4-9(2)12/h5,7,9H,3-4,6H2,1-2H3,(H,13,14). The van der Waals surface area contributed by atoms with Crippen LogP contribution in [0.5, 0.6) is 0 Å². The summed E-state index contributed by atoms with van der Waals surface area (Å²) in [7, 11) is 0. The van der Waals surface area contributed by atoms with Crippen molar-refractivity contribution in [3.8, 4) is 0 Å². The van der Waals surface area contributed by atoms with Crippen molar-refractivity contribution in [2.45, 2.75) is 32.1 Å². The minimum Gasteiger partial charge on any atom is -0.459 e. The molecule has 1 aromatic heterocycles. The van der Waals surface area contributed by atoms with Crippen molar-refractivity contribution < 1.29 is 9.21 Å². The van der Waals surface area contributed by atoms with Crippen LogP contribution in [0.2, 0.25) is 0 Å². The molecule has 1 unspecified atom stereocenters. The number of amides is 1. The topological polar surface area (TPSA) is 42.2 Å². The van der Waals surface area contributed by atoms with Gasteiger partial charge in [-0.1, -0.05) is 0 Å². The molecule has 1 atom stereocenters. The zero-order valence-corrected chi connectivity index (χ0v) is 9.80. The molecule has 1 rings (SSSR count).